The molecule has 1 aromatic rings. The molecule has 2 amide bonds. The molecule has 0 unspecified atom stereocenters. The van der Waals surface area contributed by atoms with Crippen molar-refractivity contribution in [2.45, 2.75) is 50.6 Å². The van der Waals surface area contributed by atoms with E-state index in [0.717, 1.165) is 32.4 Å². The summed E-state index contributed by atoms with van der Waals surface area (Å²) in [7, 11) is 4.10. The molecule has 0 aromatic carbocycles. The standard InChI is InChI=1S/C20H30N4O4/c1-22(2)12-17-14-8-13(16-4-3-5-20(27)24(16)17)10-23(11-14)19(26)7-6-15-9-18(25)21-28-15/h9,13-14,16-17H,3-8,10-12H2,1-2H3,(H,21,25)/t13-,14+,16+,17+/m1/s1. The van der Waals surface area contributed by atoms with Gasteiger partial charge in [-0.15, -0.1) is 0 Å². The number of fused-ring (bicyclic) bond motifs is 4. The van der Waals surface area contributed by atoms with Crippen molar-refractivity contribution in [3.05, 3.63) is 22.2 Å². The molecule has 2 bridgehead atoms. The lowest BCUT2D eigenvalue weighted by Gasteiger charge is -2.57. The van der Waals surface area contributed by atoms with Crippen LogP contribution in [-0.2, 0) is 16.0 Å². The molecule has 8 nitrogen and oxygen atoms in total. The van der Waals surface area contributed by atoms with Gasteiger partial charge in [0.25, 0.3) is 5.56 Å². The number of rotatable bonds is 5. The maximum absolute atomic E-state index is 12.9. The average molecular weight is 390 g/mol. The van der Waals surface area contributed by atoms with Gasteiger partial charge < -0.3 is 19.2 Å². The molecule has 0 spiro atoms. The third kappa shape index (κ3) is 3.74. The lowest BCUT2D eigenvalue weighted by Crippen LogP contribution is -2.67. The van der Waals surface area contributed by atoms with Gasteiger partial charge in [-0.3, -0.25) is 14.4 Å². The first-order valence-electron chi connectivity index (χ1n) is 10.3. The fourth-order valence-electron chi connectivity index (χ4n) is 5.42. The van der Waals surface area contributed by atoms with E-state index in [2.05, 4.69) is 15.0 Å². The highest BCUT2D eigenvalue weighted by atomic mass is 16.5. The number of likely N-dealkylation sites (N-methyl/N-ethyl adjacent to an activating group) is 1. The average Bonchev–Trinajstić information content (AvgIpc) is 3.08. The van der Waals surface area contributed by atoms with Gasteiger partial charge in [0.2, 0.25) is 11.8 Å². The Kier molecular flexibility index (Phi) is 5.31. The second kappa shape index (κ2) is 7.73. The van der Waals surface area contributed by atoms with Gasteiger partial charge in [-0.2, -0.15) is 5.16 Å². The maximum Gasteiger partial charge on any atom is 0.280 e. The Hall–Kier alpha value is -2.09. The Balaban J connectivity index is 1.47. The quantitative estimate of drug-likeness (QED) is 0.799. The minimum atomic E-state index is -0.275. The lowest BCUT2D eigenvalue weighted by molar-refractivity contribution is -0.157. The largest absolute Gasteiger partial charge is 0.384 e. The number of carbonyl (C=O) groups excluding carboxylic acids is 2. The van der Waals surface area contributed by atoms with E-state index in [-0.39, 0.29) is 23.6 Å². The Morgan fingerprint density at radius 2 is 2.07 bits per heavy atom. The number of aromatic amines is 1. The van der Waals surface area contributed by atoms with Crippen LogP contribution in [0.1, 0.15) is 37.9 Å². The molecule has 4 atom stereocenters. The molecule has 1 aromatic heterocycles. The van der Waals surface area contributed by atoms with Crippen molar-refractivity contribution in [1.29, 1.82) is 0 Å². The van der Waals surface area contributed by atoms with Gasteiger partial charge in [-0.1, -0.05) is 0 Å². The molecule has 4 rings (SSSR count). The summed E-state index contributed by atoms with van der Waals surface area (Å²) in [6.07, 6.45) is 4.53. The van der Waals surface area contributed by atoms with E-state index in [9.17, 15) is 14.4 Å². The summed E-state index contributed by atoms with van der Waals surface area (Å²) in [4.78, 5) is 43.1. The van der Waals surface area contributed by atoms with E-state index in [4.69, 9.17) is 4.52 Å². The highest BCUT2D eigenvalue weighted by Crippen LogP contribution is 2.41. The number of carbonyl (C=O) groups is 2. The third-order valence-corrected chi connectivity index (χ3v) is 6.56. The summed E-state index contributed by atoms with van der Waals surface area (Å²) in [6, 6.07) is 1.85. The van der Waals surface area contributed by atoms with Crippen molar-refractivity contribution in [3.8, 4) is 0 Å². The second-order valence-corrected chi connectivity index (χ2v) is 8.82. The monoisotopic (exact) mass is 390 g/mol. The Morgan fingerprint density at radius 1 is 1.29 bits per heavy atom. The van der Waals surface area contributed by atoms with E-state index >= 15 is 0 Å². The molecule has 8 heteroatoms. The molecule has 3 fully saturated rings. The summed E-state index contributed by atoms with van der Waals surface area (Å²) in [5.41, 5.74) is -0.275. The molecule has 0 saturated carbocycles. The number of hydrogen-bond acceptors (Lipinski definition) is 5. The zero-order chi connectivity index (χ0) is 19.8. The SMILES string of the molecule is CN(C)C[C@H]1[C@H]2C[C@H](CN(C(=O)CCc3cc(=O)[nH]o3)C2)[C@@H]2CCCC(=O)N21. The summed E-state index contributed by atoms with van der Waals surface area (Å²) >= 11 is 0. The molecule has 3 aliphatic heterocycles. The maximum atomic E-state index is 12.9. The van der Waals surface area contributed by atoms with Crippen LogP contribution in [0.4, 0.5) is 0 Å². The van der Waals surface area contributed by atoms with E-state index in [0.29, 0.717) is 49.3 Å². The van der Waals surface area contributed by atoms with Crippen LogP contribution in [0.15, 0.2) is 15.4 Å². The molecule has 1 N–H and O–H groups in total. The van der Waals surface area contributed by atoms with Gasteiger partial charge in [0.15, 0.2) is 0 Å². The molecule has 154 valence electrons. The van der Waals surface area contributed by atoms with E-state index < -0.39 is 0 Å². The van der Waals surface area contributed by atoms with Crippen LogP contribution in [0, 0.1) is 11.8 Å². The highest BCUT2D eigenvalue weighted by molar-refractivity contribution is 5.79. The van der Waals surface area contributed by atoms with E-state index in [1.165, 1.54) is 6.07 Å². The smallest absolute Gasteiger partial charge is 0.280 e. The van der Waals surface area contributed by atoms with Crippen molar-refractivity contribution in [1.82, 2.24) is 19.9 Å². The van der Waals surface area contributed by atoms with Crippen molar-refractivity contribution < 1.29 is 14.1 Å². The first kappa shape index (κ1) is 19.2. The molecule has 4 heterocycles. The molecule has 28 heavy (non-hydrogen) atoms. The number of nitrogens with one attached hydrogen (secondary N) is 1. The van der Waals surface area contributed by atoms with Gasteiger partial charge in [0.1, 0.15) is 5.76 Å². The number of H-pyrrole nitrogens is 1. The van der Waals surface area contributed by atoms with Gasteiger partial charge in [0.05, 0.1) is 0 Å². The first-order chi connectivity index (χ1) is 13.4. The molecular formula is C20H30N4O4. The minimum Gasteiger partial charge on any atom is -0.384 e. The zero-order valence-corrected chi connectivity index (χ0v) is 16.7. The molecule has 3 saturated heterocycles. The Bertz CT molecular complexity index is 785. The topological polar surface area (TPSA) is 89.9 Å². The summed E-state index contributed by atoms with van der Waals surface area (Å²) < 4.78 is 5.06. The van der Waals surface area contributed by atoms with Crippen molar-refractivity contribution >= 4 is 11.8 Å². The van der Waals surface area contributed by atoms with Crippen LogP contribution in [0.3, 0.4) is 0 Å². The number of hydrogen-bond donors (Lipinski definition) is 1. The van der Waals surface area contributed by atoms with Crippen LogP contribution in [0.2, 0.25) is 0 Å². The van der Waals surface area contributed by atoms with Crippen LogP contribution in [0.25, 0.3) is 0 Å². The molecule has 0 radical (unpaired) electrons. The Morgan fingerprint density at radius 3 is 2.79 bits per heavy atom. The predicted octanol–water partition coefficient (Wildman–Crippen LogP) is 0.690. The summed E-state index contributed by atoms with van der Waals surface area (Å²) in [5, 5.41) is 2.27. The molecule has 0 aliphatic carbocycles. The van der Waals surface area contributed by atoms with Gasteiger partial charge in [0, 0.05) is 57.0 Å². The number of amides is 2. The molecular weight excluding hydrogens is 360 g/mol. The number of piperidine rings is 3. The van der Waals surface area contributed by atoms with Crippen LogP contribution in [0.5, 0.6) is 0 Å². The number of nitrogens with zero attached hydrogens (tertiary/aromatic N) is 3. The summed E-state index contributed by atoms with van der Waals surface area (Å²) in [5.74, 6) is 1.62. The number of aromatic nitrogens is 1. The van der Waals surface area contributed by atoms with Crippen LogP contribution >= 0.6 is 0 Å². The van der Waals surface area contributed by atoms with Gasteiger partial charge in [-0.05, 0) is 45.2 Å². The normalized spacial score (nSPS) is 29.9. The fourth-order valence-corrected chi connectivity index (χ4v) is 5.42. The van der Waals surface area contributed by atoms with Crippen molar-refractivity contribution in [2.75, 3.05) is 33.7 Å². The van der Waals surface area contributed by atoms with Crippen LogP contribution < -0.4 is 5.56 Å². The van der Waals surface area contributed by atoms with Gasteiger partial charge in [-0.25, -0.2) is 0 Å². The van der Waals surface area contributed by atoms with Crippen molar-refractivity contribution in [2.24, 2.45) is 11.8 Å². The highest BCUT2D eigenvalue weighted by Gasteiger charge is 2.49. The predicted molar refractivity (Wildman–Crippen MR) is 103 cm³/mol. The van der Waals surface area contributed by atoms with E-state index in [1.54, 1.807) is 0 Å². The first-order valence-corrected chi connectivity index (χ1v) is 10.3. The lowest BCUT2D eigenvalue weighted by atomic mass is 9.72. The van der Waals surface area contributed by atoms with E-state index in [1.807, 2.05) is 19.0 Å². The minimum absolute atomic E-state index is 0.109. The summed E-state index contributed by atoms with van der Waals surface area (Å²) in [6.45, 7) is 2.28. The fraction of sp³-hybridized carbons (Fsp3) is 0.750. The van der Waals surface area contributed by atoms with Gasteiger partial charge >= 0.3 is 0 Å². The Labute approximate surface area is 164 Å². The zero-order valence-electron chi connectivity index (χ0n) is 16.7. The second-order valence-electron chi connectivity index (χ2n) is 8.82. The number of likely N-dealkylation sites (tertiary alicyclic amines) is 1. The van der Waals surface area contributed by atoms with Crippen molar-refractivity contribution in [3.63, 3.8) is 0 Å². The third-order valence-electron chi connectivity index (χ3n) is 6.56. The molecule has 3 aliphatic rings. The number of aryl methyl sites for hydroxylation is 1. The van der Waals surface area contributed by atoms with Crippen LogP contribution in [-0.4, -0.2) is 77.5 Å².